The number of rotatable bonds is 5. The molecule has 0 unspecified atom stereocenters. The fourth-order valence-electron chi connectivity index (χ4n) is 2.95. The first-order valence-corrected chi connectivity index (χ1v) is 7.69. The third-order valence-corrected chi connectivity index (χ3v) is 4.05. The Labute approximate surface area is 130 Å². The molecule has 0 saturated carbocycles. The summed E-state index contributed by atoms with van der Waals surface area (Å²) in [6.45, 7) is 0.566. The van der Waals surface area contributed by atoms with Crippen molar-refractivity contribution >= 4 is 5.78 Å². The number of ether oxygens (including phenoxy) is 2. The van der Waals surface area contributed by atoms with Gasteiger partial charge in [-0.05, 0) is 30.5 Å². The second-order valence-corrected chi connectivity index (χ2v) is 5.48. The molecular weight excluding hydrogens is 276 g/mol. The zero-order chi connectivity index (χ0) is 15.4. The van der Waals surface area contributed by atoms with Crippen molar-refractivity contribution in [1.82, 2.24) is 0 Å². The average Bonchev–Trinajstić information content (AvgIpc) is 2.56. The number of methoxy groups -OCH3 is 1. The van der Waals surface area contributed by atoms with Crippen LogP contribution in [0.4, 0.5) is 0 Å². The van der Waals surface area contributed by atoms with Crippen molar-refractivity contribution in [1.29, 1.82) is 0 Å². The van der Waals surface area contributed by atoms with Crippen LogP contribution in [-0.2, 0) is 12.8 Å². The van der Waals surface area contributed by atoms with Gasteiger partial charge in [-0.1, -0.05) is 30.3 Å². The summed E-state index contributed by atoms with van der Waals surface area (Å²) in [6.07, 6.45) is 3.18. The van der Waals surface area contributed by atoms with Gasteiger partial charge in [0, 0.05) is 18.4 Å². The smallest absolute Gasteiger partial charge is 0.167 e. The highest BCUT2D eigenvalue weighted by Gasteiger charge is 2.24. The molecule has 1 aliphatic carbocycles. The van der Waals surface area contributed by atoms with Gasteiger partial charge in [-0.25, -0.2) is 0 Å². The van der Waals surface area contributed by atoms with E-state index in [4.69, 9.17) is 9.47 Å². The minimum atomic E-state index is 0.162. The number of hydrogen-bond acceptors (Lipinski definition) is 3. The number of ketones is 1. The van der Waals surface area contributed by atoms with Crippen LogP contribution in [0.25, 0.3) is 0 Å². The van der Waals surface area contributed by atoms with E-state index < -0.39 is 0 Å². The maximum Gasteiger partial charge on any atom is 0.167 e. The Kier molecular flexibility index (Phi) is 4.42. The van der Waals surface area contributed by atoms with Crippen molar-refractivity contribution in [2.45, 2.75) is 25.7 Å². The van der Waals surface area contributed by atoms with Gasteiger partial charge in [0.15, 0.2) is 5.78 Å². The van der Waals surface area contributed by atoms with E-state index in [0.717, 1.165) is 36.1 Å². The van der Waals surface area contributed by atoms with Crippen LogP contribution in [0, 0.1) is 0 Å². The molecule has 0 amide bonds. The summed E-state index contributed by atoms with van der Waals surface area (Å²) in [7, 11) is 1.64. The van der Waals surface area contributed by atoms with Crippen molar-refractivity contribution in [3.05, 3.63) is 59.2 Å². The molecule has 1 aliphatic rings. The Morgan fingerprint density at radius 2 is 1.77 bits per heavy atom. The highest BCUT2D eigenvalue weighted by atomic mass is 16.5. The van der Waals surface area contributed by atoms with Gasteiger partial charge in [0.2, 0.25) is 0 Å². The molecule has 3 nitrogen and oxygen atoms in total. The molecule has 22 heavy (non-hydrogen) atoms. The number of benzene rings is 2. The zero-order valence-electron chi connectivity index (χ0n) is 12.8. The van der Waals surface area contributed by atoms with E-state index in [1.54, 1.807) is 7.11 Å². The van der Waals surface area contributed by atoms with Gasteiger partial charge in [0.25, 0.3) is 0 Å². The molecule has 0 fully saturated rings. The quantitative estimate of drug-likeness (QED) is 0.841. The minimum Gasteiger partial charge on any atom is -0.496 e. The monoisotopic (exact) mass is 296 g/mol. The maximum atomic E-state index is 12.3. The van der Waals surface area contributed by atoms with Gasteiger partial charge in [0.1, 0.15) is 11.5 Å². The minimum absolute atomic E-state index is 0.162. The number of Topliss-reactive ketones (excluding diaryl/α,β-unsaturated/α-hetero) is 1. The normalized spacial score (nSPS) is 13.6. The lowest BCUT2D eigenvalue weighted by molar-refractivity contribution is 0.0967. The molecule has 114 valence electrons. The van der Waals surface area contributed by atoms with Crippen molar-refractivity contribution in [3.63, 3.8) is 0 Å². The Hall–Kier alpha value is -2.29. The predicted octanol–water partition coefficient (Wildman–Crippen LogP) is 3.84. The zero-order valence-corrected chi connectivity index (χ0v) is 12.8. The summed E-state index contributed by atoms with van der Waals surface area (Å²) in [5, 5.41) is 0. The van der Waals surface area contributed by atoms with Crippen molar-refractivity contribution in [3.8, 4) is 11.5 Å². The van der Waals surface area contributed by atoms with Crippen LogP contribution >= 0.6 is 0 Å². The highest BCUT2D eigenvalue weighted by Crippen LogP contribution is 2.36. The molecular formula is C19H20O3. The third-order valence-electron chi connectivity index (χ3n) is 4.05. The Bertz CT molecular complexity index is 662. The van der Waals surface area contributed by atoms with Gasteiger partial charge < -0.3 is 9.47 Å². The molecule has 0 atom stereocenters. The van der Waals surface area contributed by atoms with Crippen LogP contribution in [-0.4, -0.2) is 19.5 Å². The predicted molar refractivity (Wildman–Crippen MR) is 85.9 cm³/mol. The van der Waals surface area contributed by atoms with Crippen molar-refractivity contribution in [2.24, 2.45) is 0 Å². The van der Waals surface area contributed by atoms with Crippen LogP contribution in [0.2, 0.25) is 0 Å². The van der Waals surface area contributed by atoms with Gasteiger partial charge in [-0.2, -0.15) is 0 Å². The van der Waals surface area contributed by atoms with E-state index in [0.29, 0.717) is 18.8 Å². The van der Waals surface area contributed by atoms with Crippen molar-refractivity contribution in [2.75, 3.05) is 13.7 Å². The number of fused-ring (bicyclic) bond motifs is 1. The summed E-state index contributed by atoms with van der Waals surface area (Å²) >= 11 is 0. The summed E-state index contributed by atoms with van der Waals surface area (Å²) in [5.74, 6) is 1.64. The van der Waals surface area contributed by atoms with E-state index in [-0.39, 0.29) is 5.78 Å². The molecule has 0 saturated heterocycles. The third kappa shape index (κ3) is 2.98. The topological polar surface area (TPSA) is 35.5 Å². The lowest BCUT2D eigenvalue weighted by Gasteiger charge is -2.21. The molecule has 0 spiro atoms. The Balaban J connectivity index is 1.78. The maximum absolute atomic E-state index is 12.3. The molecule has 0 aliphatic heterocycles. The molecule has 2 aromatic carbocycles. The molecule has 0 heterocycles. The van der Waals surface area contributed by atoms with Crippen LogP contribution in [0.15, 0.2) is 42.5 Å². The summed E-state index contributed by atoms with van der Waals surface area (Å²) in [4.78, 5) is 12.3. The van der Waals surface area contributed by atoms with Crippen LogP contribution in [0.5, 0.6) is 11.5 Å². The van der Waals surface area contributed by atoms with Crippen LogP contribution < -0.4 is 9.47 Å². The lowest BCUT2D eigenvalue weighted by Crippen LogP contribution is -2.15. The second-order valence-electron chi connectivity index (χ2n) is 5.48. The van der Waals surface area contributed by atoms with Crippen LogP contribution in [0.3, 0.4) is 0 Å². The largest absolute Gasteiger partial charge is 0.496 e. The summed E-state index contributed by atoms with van der Waals surface area (Å²) < 4.78 is 11.3. The first kappa shape index (κ1) is 14.6. The molecule has 0 N–H and O–H groups in total. The van der Waals surface area contributed by atoms with Gasteiger partial charge in [-0.3, -0.25) is 4.79 Å². The standard InChI is InChI=1S/C19H20O3/c1-21-17-10-11-18(19-15(17)8-5-9-16(19)20)22-13-12-14-6-3-2-4-7-14/h2-4,6-7,10-11H,5,8-9,12-13H2,1H3. The molecule has 0 bridgehead atoms. The van der Waals surface area contributed by atoms with E-state index in [2.05, 4.69) is 12.1 Å². The Morgan fingerprint density at radius 3 is 2.55 bits per heavy atom. The number of carbonyl (C=O) groups excluding carboxylic acids is 1. The van der Waals surface area contributed by atoms with Crippen molar-refractivity contribution < 1.29 is 14.3 Å². The summed E-state index contributed by atoms with van der Waals surface area (Å²) in [5.41, 5.74) is 2.95. The molecule has 3 rings (SSSR count). The Morgan fingerprint density at radius 1 is 1.00 bits per heavy atom. The fraction of sp³-hybridized carbons (Fsp3) is 0.316. The second kappa shape index (κ2) is 6.65. The fourth-order valence-corrected chi connectivity index (χ4v) is 2.95. The molecule has 0 radical (unpaired) electrons. The highest BCUT2D eigenvalue weighted by molar-refractivity contribution is 6.01. The van der Waals surface area contributed by atoms with E-state index in [1.807, 2.05) is 30.3 Å². The number of carbonyl (C=O) groups is 1. The van der Waals surface area contributed by atoms with Gasteiger partial charge >= 0.3 is 0 Å². The van der Waals surface area contributed by atoms with E-state index >= 15 is 0 Å². The number of hydrogen-bond donors (Lipinski definition) is 0. The van der Waals surface area contributed by atoms with Gasteiger partial charge in [-0.15, -0.1) is 0 Å². The van der Waals surface area contributed by atoms with Crippen LogP contribution in [0.1, 0.15) is 34.3 Å². The average molecular weight is 296 g/mol. The SMILES string of the molecule is COc1ccc(OCCc2ccccc2)c2c1CCCC2=O. The molecule has 2 aromatic rings. The van der Waals surface area contributed by atoms with E-state index in [1.165, 1.54) is 5.56 Å². The summed E-state index contributed by atoms with van der Waals surface area (Å²) in [6, 6.07) is 14.0. The molecule has 0 aromatic heterocycles. The van der Waals surface area contributed by atoms with E-state index in [9.17, 15) is 4.79 Å². The lowest BCUT2D eigenvalue weighted by atomic mass is 9.89. The molecule has 3 heteroatoms. The van der Waals surface area contributed by atoms with Gasteiger partial charge in [0.05, 0.1) is 19.3 Å². The first-order chi connectivity index (χ1) is 10.8. The first-order valence-electron chi connectivity index (χ1n) is 7.69.